The van der Waals surface area contributed by atoms with Crippen molar-refractivity contribution in [1.82, 2.24) is 10.2 Å². The average molecular weight is 394 g/mol. The Kier molecular flexibility index (Phi) is 5.83. The second-order valence-corrected chi connectivity index (χ2v) is 7.28. The van der Waals surface area contributed by atoms with Gasteiger partial charge in [-0.15, -0.1) is 0 Å². The fourth-order valence-electron chi connectivity index (χ4n) is 3.66. The molecule has 1 fully saturated rings. The Morgan fingerprint density at radius 3 is 2.55 bits per heavy atom. The van der Waals surface area contributed by atoms with Gasteiger partial charge in [0.2, 0.25) is 0 Å². The number of ether oxygens (including phenoxy) is 2. The SMILES string of the molecule is COc1ccc2oc(C)c(C(=O)NCc3ccc(CN4CCOCC4)cc3)c2c1. The molecule has 1 aliphatic rings. The van der Waals surface area contributed by atoms with E-state index in [-0.39, 0.29) is 5.91 Å². The lowest BCUT2D eigenvalue weighted by Crippen LogP contribution is -2.35. The number of hydrogen-bond acceptors (Lipinski definition) is 5. The highest BCUT2D eigenvalue weighted by Gasteiger charge is 2.18. The highest BCUT2D eigenvalue weighted by Crippen LogP contribution is 2.29. The number of methoxy groups -OCH3 is 1. The van der Waals surface area contributed by atoms with Gasteiger partial charge >= 0.3 is 0 Å². The number of benzene rings is 2. The molecule has 1 saturated heterocycles. The first-order chi connectivity index (χ1) is 14.1. The molecule has 1 N–H and O–H groups in total. The number of hydrogen-bond donors (Lipinski definition) is 1. The second-order valence-electron chi connectivity index (χ2n) is 7.28. The van der Waals surface area contributed by atoms with E-state index in [0.717, 1.165) is 43.8 Å². The van der Waals surface area contributed by atoms with E-state index in [0.29, 0.717) is 29.2 Å². The lowest BCUT2D eigenvalue weighted by atomic mass is 10.1. The molecular weight excluding hydrogens is 368 g/mol. The first-order valence-electron chi connectivity index (χ1n) is 9.87. The largest absolute Gasteiger partial charge is 0.497 e. The van der Waals surface area contributed by atoms with E-state index in [1.807, 2.05) is 25.1 Å². The molecule has 0 spiro atoms. The molecule has 0 aliphatic carbocycles. The van der Waals surface area contributed by atoms with Gasteiger partial charge in [-0.3, -0.25) is 9.69 Å². The lowest BCUT2D eigenvalue weighted by molar-refractivity contribution is 0.0342. The second kappa shape index (κ2) is 8.68. The number of carbonyl (C=O) groups is 1. The minimum Gasteiger partial charge on any atom is -0.497 e. The summed E-state index contributed by atoms with van der Waals surface area (Å²) in [6, 6.07) is 13.9. The van der Waals surface area contributed by atoms with Crippen LogP contribution in [0.4, 0.5) is 0 Å². The molecule has 29 heavy (non-hydrogen) atoms. The molecular formula is C23H26N2O4. The van der Waals surface area contributed by atoms with Crippen LogP contribution in [0.5, 0.6) is 5.75 Å². The van der Waals surface area contributed by atoms with Crippen molar-refractivity contribution in [2.45, 2.75) is 20.0 Å². The van der Waals surface area contributed by atoms with E-state index >= 15 is 0 Å². The Labute approximate surface area is 170 Å². The Bertz CT molecular complexity index is 988. The number of nitrogens with one attached hydrogen (secondary N) is 1. The summed E-state index contributed by atoms with van der Waals surface area (Å²) >= 11 is 0. The smallest absolute Gasteiger partial charge is 0.255 e. The average Bonchev–Trinajstić information content (AvgIpc) is 3.08. The highest BCUT2D eigenvalue weighted by atomic mass is 16.5. The molecule has 4 rings (SSSR count). The summed E-state index contributed by atoms with van der Waals surface area (Å²) in [5, 5.41) is 3.77. The summed E-state index contributed by atoms with van der Waals surface area (Å²) in [5.41, 5.74) is 3.57. The van der Waals surface area contributed by atoms with Crippen LogP contribution in [0.25, 0.3) is 11.0 Å². The van der Waals surface area contributed by atoms with Crippen LogP contribution in [0.3, 0.4) is 0 Å². The molecule has 1 aliphatic heterocycles. The Hall–Kier alpha value is -2.83. The summed E-state index contributed by atoms with van der Waals surface area (Å²) in [6.45, 7) is 6.75. The zero-order chi connectivity index (χ0) is 20.2. The van der Waals surface area contributed by atoms with E-state index in [1.165, 1.54) is 5.56 Å². The number of rotatable bonds is 6. The third kappa shape index (κ3) is 4.44. The van der Waals surface area contributed by atoms with E-state index in [4.69, 9.17) is 13.9 Å². The Morgan fingerprint density at radius 1 is 1.10 bits per heavy atom. The van der Waals surface area contributed by atoms with Gasteiger partial charge in [-0.05, 0) is 36.2 Å². The minimum absolute atomic E-state index is 0.146. The molecule has 0 bridgehead atoms. The fraction of sp³-hybridized carbons (Fsp3) is 0.348. The fourth-order valence-corrected chi connectivity index (χ4v) is 3.66. The van der Waals surface area contributed by atoms with Crippen LogP contribution in [0.15, 0.2) is 46.9 Å². The summed E-state index contributed by atoms with van der Waals surface area (Å²) in [6.07, 6.45) is 0. The number of nitrogens with zero attached hydrogens (tertiary/aromatic N) is 1. The van der Waals surface area contributed by atoms with Gasteiger partial charge in [0.25, 0.3) is 5.91 Å². The van der Waals surface area contributed by atoms with Crippen LogP contribution in [-0.2, 0) is 17.8 Å². The summed E-state index contributed by atoms with van der Waals surface area (Å²) in [7, 11) is 1.61. The van der Waals surface area contributed by atoms with Gasteiger partial charge in [-0.1, -0.05) is 24.3 Å². The summed E-state index contributed by atoms with van der Waals surface area (Å²) in [5.74, 6) is 1.15. The van der Waals surface area contributed by atoms with Gasteiger partial charge in [0.05, 0.1) is 25.9 Å². The normalized spacial score (nSPS) is 14.8. The van der Waals surface area contributed by atoms with Gasteiger partial charge < -0.3 is 19.2 Å². The van der Waals surface area contributed by atoms with Crippen molar-refractivity contribution in [3.8, 4) is 5.75 Å². The molecule has 3 aromatic rings. The summed E-state index contributed by atoms with van der Waals surface area (Å²) < 4.78 is 16.4. The van der Waals surface area contributed by atoms with E-state index < -0.39 is 0 Å². The van der Waals surface area contributed by atoms with Crippen molar-refractivity contribution in [3.05, 3.63) is 64.9 Å². The molecule has 2 heterocycles. The first kappa shape index (κ1) is 19.5. The van der Waals surface area contributed by atoms with Crippen LogP contribution >= 0.6 is 0 Å². The quantitative estimate of drug-likeness (QED) is 0.693. The molecule has 1 amide bonds. The van der Waals surface area contributed by atoms with Gasteiger partial charge in [0.15, 0.2) is 0 Å². The maximum Gasteiger partial charge on any atom is 0.255 e. The number of furan rings is 1. The van der Waals surface area contributed by atoms with Crippen LogP contribution in [0.2, 0.25) is 0 Å². The monoisotopic (exact) mass is 394 g/mol. The van der Waals surface area contributed by atoms with Crippen molar-refractivity contribution in [2.24, 2.45) is 0 Å². The van der Waals surface area contributed by atoms with Gasteiger partial charge in [0, 0.05) is 31.6 Å². The number of morpholine rings is 1. The van der Waals surface area contributed by atoms with Gasteiger partial charge in [0.1, 0.15) is 17.1 Å². The maximum atomic E-state index is 12.8. The van der Waals surface area contributed by atoms with Crippen LogP contribution in [0, 0.1) is 6.92 Å². The summed E-state index contributed by atoms with van der Waals surface area (Å²) in [4.78, 5) is 15.2. The lowest BCUT2D eigenvalue weighted by Gasteiger charge is -2.26. The number of fused-ring (bicyclic) bond motifs is 1. The molecule has 1 aromatic heterocycles. The van der Waals surface area contributed by atoms with Crippen molar-refractivity contribution in [2.75, 3.05) is 33.4 Å². The number of amides is 1. The molecule has 0 radical (unpaired) electrons. The maximum absolute atomic E-state index is 12.8. The van der Waals surface area contributed by atoms with Crippen LogP contribution < -0.4 is 10.1 Å². The van der Waals surface area contributed by atoms with Crippen molar-refractivity contribution in [3.63, 3.8) is 0 Å². The van der Waals surface area contributed by atoms with Crippen LogP contribution in [-0.4, -0.2) is 44.2 Å². The third-order valence-electron chi connectivity index (χ3n) is 5.28. The molecule has 2 aromatic carbocycles. The third-order valence-corrected chi connectivity index (χ3v) is 5.28. The number of aryl methyl sites for hydroxylation is 1. The zero-order valence-electron chi connectivity index (χ0n) is 16.9. The Morgan fingerprint density at radius 2 is 1.83 bits per heavy atom. The van der Waals surface area contributed by atoms with Gasteiger partial charge in [-0.2, -0.15) is 0 Å². The number of carbonyl (C=O) groups excluding carboxylic acids is 1. The predicted octanol–water partition coefficient (Wildman–Crippen LogP) is 3.51. The van der Waals surface area contributed by atoms with E-state index in [1.54, 1.807) is 7.11 Å². The Balaban J connectivity index is 1.40. The molecule has 6 nitrogen and oxygen atoms in total. The van der Waals surface area contributed by atoms with Gasteiger partial charge in [-0.25, -0.2) is 0 Å². The zero-order valence-corrected chi connectivity index (χ0v) is 16.9. The van der Waals surface area contributed by atoms with Crippen molar-refractivity contribution in [1.29, 1.82) is 0 Å². The first-order valence-corrected chi connectivity index (χ1v) is 9.87. The standard InChI is InChI=1S/C23H26N2O4/c1-16-22(20-13-19(27-2)7-8-21(20)29-16)23(26)24-14-17-3-5-18(6-4-17)15-25-9-11-28-12-10-25/h3-8,13H,9-12,14-15H2,1-2H3,(H,24,26). The topological polar surface area (TPSA) is 63.9 Å². The molecule has 152 valence electrons. The van der Waals surface area contributed by atoms with E-state index in [9.17, 15) is 4.79 Å². The van der Waals surface area contributed by atoms with E-state index in [2.05, 4.69) is 34.5 Å². The molecule has 0 saturated carbocycles. The molecule has 0 atom stereocenters. The highest BCUT2D eigenvalue weighted by molar-refractivity contribution is 6.07. The predicted molar refractivity (Wildman–Crippen MR) is 111 cm³/mol. The molecule has 0 unspecified atom stereocenters. The van der Waals surface area contributed by atoms with Crippen molar-refractivity contribution >= 4 is 16.9 Å². The van der Waals surface area contributed by atoms with Crippen LogP contribution in [0.1, 0.15) is 27.2 Å². The molecule has 6 heteroatoms. The minimum atomic E-state index is -0.146. The van der Waals surface area contributed by atoms with Crippen molar-refractivity contribution < 1.29 is 18.7 Å².